The summed E-state index contributed by atoms with van der Waals surface area (Å²) in [5.74, 6) is 1.22. The predicted octanol–water partition coefficient (Wildman–Crippen LogP) is 4.82. The first-order valence-electron chi connectivity index (χ1n) is 7.45. The van der Waals surface area contributed by atoms with Crippen LogP contribution < -0.4 is 10.1 Å². The van der Waals surface area contributed by atoms with E-state index in [1.807, 2.05) is 36.6 Å². The van der Waals surface area contributed by atoms with E-state index in [9.17, 15) is 0 Å². The Balaban J connectivity index is 1.58. The number of para-hydroxylation sites is 1. The minimum atomic E-state index is 0.315. The van der Waals surface area contributed by atoms with Gasteiger partial charge >= 0.3 is 6.01 Å². The van der Waals surface area contributed by atoms with Crippen LogP contribution in [0, 0.1) is 0 Å². The average molecular weight is 370 g/mol. The maximum atomic E-state index is 5.69. The van der Waals surface area contributed by atoms with Crippen molar-refractivity contribution >= 4 is 44.5 Å². The number of rotatable bonds is 5. The normalized spacial score (nSPS) is 11.0. The lowest BCUT2D eigenvalue weighted by atomic mass is 10.2. The molecule has 1 N–H and O–H groups in total. The quantitative estimate of drug-likeness (QED) is 0.505. The van der Waals surface area contributed by atoms with Gasteiger partial charge in [0, 0.05) is 10.5 Å². The second kappa shape index (κ2) is 6.73. The molecule has 0 fully saturated rings. The fourth-order valence-corrected chi connectivity index (χ4v) is 3.87. The first-order chi connectivity index (χ1) is 12.3. The zero-order valence-electron chi connectivity index (χ0n) is 13.5. The molecule has 6 nitrogen and oxygen atoms in total. The van der Waals surface area contributed by atoms with Gasteiger partial charge in [-0.3, -0.25) is 5.32 Å². The minimum absolute atomic E-state index is 0.315. The lowest BCUT2D eigenvalue weighted by Gasteiger charge is -1.99. The van der Waals surface area contributed by atoms with Gasteiger partial charge in [0.05, 0.1) is 17.3 Å². The van der Waals surface area contributed by atoms with Gasteiger partial charge in [0.25, 0.3) is 0 Å². The molecule has 0 aliphatic heterocycles. The molecular weight excluding hydrogens is 356 g/mol. The monoisotopic (exact) mass is 370 g/mol. The van der Waals surface area contributed by atoms with E-state index in [4.69, 9.17) is 9.15 Å². The highest BCUT2D eigenvalue weighted by atomic mass is 32.2. The first kappa shape index (κ1) is 15.9. The van der Waals surface area contributed by atoms with Gasteiger partial charge in [0.2, 0.25) is 5.89 Å². The molecule has 25 heavy (non-hydrogen) atoms. The number of thiazole rings is 1. The van der Waals surface area contributed by atoms with Gasteiger partial charge in [0.15, 0.2) is 5.13 Å². The third kappa shape index (κ3) is 3.18. The van der Waals surface area contributed by atoms with Gasteiger partial charge in [-0.1, -0.05) is 22.5 Å². The van der Waals surface area contributed by atoms with Gasteiger partial charge in [0.1, 0.15) is 5.75 Å². The topological polar surface area (TPSA) is 73.1 Å². The van der Waals surface area contributed by atoms with Gasteiger partial charge in [-0.25, -0.2) is 4.98 Å². The number of nitrogens with one attached hydrogen (secondary N) is 1. The Hall–Kier alpha value is -2.58. The van der Waals surface area contributed by atoms with Crippen molar-refractivity contribution in [2.24, 2.45) is 0 Å². The number of ether oxygens (including phenoxy) is 1. The highest BCUT2D eigenvalue weighted by Gasteiger charge is 2.12. The van der Waals surface area contributed by atoms with Crippen LogP contribution in [0.4, 0.5) is 11.1 Å². The van der Waals surface area contributed by atoms with Crippen LogP contribution in [0.15, 0.2) is 51.8 Å². The number of hydrogen-bond acceptors (Lipinski definition) is 8. The van der Waals surface area contributed by atoms with Crippen molar-refractivity contribution in [3.63, 3.8) is 0 Å². The van der Waals surface area contributed by atoms with Crippen molar-refractivity contribution in [2.75, 3.05) is 18.7 Å². The van der Waals surface area contributed by atoms with Crippen LogP contribution in [-0.4, -0.2) is 28.5 Å². The smallest absolute Gasteiger partial charge is 0.322 e. The Labute approximate surface area is 152 Å². The van der Waals surface area contributed by atoms with E-state index in [-0.39, 0.29) is 0 Å². The Morgan fingerprint density at radius 2 is 1.96 bits per heavy atom. The minimum Gasteiger partial charge on any atom is -0.497 e. The summed E-state index contributed by atoms with van der Waals surface area (Å²) in [6, 6.07) is 13.9. The number of hydrogen-bond donors (Lipinski definition) is 1. The molecule has 0 unspecified atom stereocenters. The highest BCUT2D eigenvalue weighted by molar-refractivity contribution is 7.98. The molecule has 2 aromatic carbocycles. The fourth-order valence-electron chi connectivity index (χ4n) is 2.36. The maximum Gasteiger partial charge on any atom is 0.322 e. The van der Waals surface area contributed by atoms with Crippen molar-refractivity contribution < 1.29 is 9.15 Å². The molecule has 0 amide bonds. The summed E-state index contributed by atoms with van der Waals surface area (Å²) in [6.07, 6.45) is 2.04. The Morgan fingerprint density at radius 3 is 2.72 bits per heavy atom. The number of methoxy groups -OCH3 is 1. The zero-order chi connectivity index (χ0) is 17.2. The van der Waals surface area contributed by atoms with Crippen molar-refractivity contribution in [3.05, 3.63) is 42.5 Å². The van der Waals surface area contributed by atoms with E-state index in [1.165, 1.54) is 0 Å². The van der Waals surface area contributed by atoms with Gasteiger partial charge in [-0.15, -0.1) is 16.9 Å². The molecule has 0 bridgehead atoms. The van der Waals surface area contributed by atoms with Gasteiger partial charge < -0.3 is 9.15 Å². The molecule has 2 heterocycles. The number of fused-ring (bicyclic) bond motifs is 1. The maximum absolute atomic E-state index is 5.69. The van der Waals surface area contributed by atoms with E-state index in [1.54, 1.807) is 30.2 Å². The SMILES string of the molecule is COc1ccc(-c2nnc(Nc3nc4c(SC)cccc4s3)o2)cc1. The lowest BCUT2D eigenvalue weighted by molar-refractivity contribution is 0.415. The second-order valence-electron chi connectivity index (χ2n) is 5.09. The largest absolute Gasteiger partial charge is 0.497 e. The van der Waals surface area contributed by atoms with Crippen molar-refractivity contribution in [2.45, 2.75) is 4.90 Å². The third-order valence-corrected chi connectivity index (χ3v) is 5.28. The van der Waals surface area contributed by atoms with Crippen LogP contribution in [-0.2, 0) is 0 Å². The summed E-state index contributed by atoms with van der Waals surface area (Å²) in [4.78, 5) is 5.77. The van der Waals surface area contributed by atoms with Crippen LogP contribution in [0.2, 0.25) is 0 Å². The Bertz CT molecular complexity index is 1010. The molecule has 0 radical (unpaired) electrons. The number of benzene rings is 2. The zero-order valence-corrected chi connectivity index (χ0v) is 15.1. The molecule has 0 atom stereocenters. The highest BCUT2D eigenvalue weighted by Crippen LogP contribution is 2.33. The number of aromatic nitrogens is 3. The summed E-state index contributed by atoms with van der Waals surface area (Å²) in [6.45, 7) is 0. The van der Waals surface area contributed by atoms with Crippen molar-refractivity contribution in [3.8, 4) is 17.2 Å². The third-order valence-electron chi connectivity index (χ3n) is 3.58. The van der Waals surface area contributed by atoms with Crippen LogP contribution in [0.3, 0.4) is 0 Å². The number of thioether (sulfide) groups is 1. The Morgan fingerprint density at radius 1 is 1.12 bits per heavy atom. The van der Waals surface area contributed by atoms with Crippen LogP contribution >= 0.6 is 23.1 Å². The lowest BCUT2D eigenvalue weighted by Crippen LogP contribution is -1.88. The molecule has 126 valence electrons. The molecule has 8 heteroatoms. The van der Waals surface area contributed by atoms with Gasteiger partial charge in [-0.05, 0) is 42.7 Å². The summed E-state index contributed by atoms with van der Waals surface area (Å²) in [5, 5.41) is 11.9. The molecule has 0 spiro atoms. The van der Waals surface area contributed by atoms with E-state index < -0.39 is 0 Å². The first-order valence-corrected chi connectivity index (χ1v) is 9.49. The van der Waals surface area contributed by atoms with Crippen LogP contribution in [0.1, 0.15) is 0 Å². The molecule has 4 rings (SSSR count). The van der Waals surface area contributed by atoms with Gasteiger partial charge in [-0.2, -0.15) is 0 Å². The molecule has 0 aliphatic rings. The van der Waals surface area contributed by atoms with Crippen molar-refractivity contribution in [1.82, 2.24) is 15.2 Å². The number of nitrogens with zero attached hydrogens (tertiary/aromatic N) is 3. The van der Waals surface area contributed by atoms with E-state index in [0.29, 0.717) is 11.9 Å². The molecule has 4 aromatic rings. The summed E-state index contributed by atoms with van der Waals surface area (Å²) < 4.78 is 12.0. The average Bonchev–Trinajstić information content (AvgIpc) is 3.28. The van der Waals surface area contributed by atoms with Crippen LogP contribution in [0.5, 0.6) is 5.75 Å². The second-order valence-corrected chi connectivity index (χ2v) is 6.97. The fraction of sp³-hybridized carbons (Fsp3) is 0.118. The molecule has 2 aromatic heterocycles. The van der Waals surface area contributed by atoms with E-state index in [2.05, 4.69) is 32.6 Å². The molecule has 0 saturated heterocycles. The van der Waals surface area contributed by atoms with Crippen molar-refractivity contribution in [1.29, 1.82) is 0 Å². The Kier molecular flexibility index (Phi) is 4.29. The van der Waals surface area contributed by atoms with Crippen LogP contribution in [0.25, 0.3) is 21.7 Å². The van der Waals surface area contributed by atoms with E-state index in [0.717, 1.165) is 31.6 Å². The summed E-state index contributed by atoms with van der Waals surface area (Å²) >= 11 is 3.23. The van der Waals surface area contributed by atoms with E-state index >= 15 is 0 Å². The summed E-state index contributed by atoms with van der Waals surface area (Å²) in [7, 11) is 1.63. The standard InChI is InChI=1S/C17H14N4O2S2/c1-22-11-8-6-10(7-9-11)15-20-21-16(23-15)19-17-18-14-12(24-2)4-3-5-13(14)25-17/h3-9H,1-2H3,(H,18,19,21). The summed E-state index contributed by atoms with van der Waals surface area (Å²) in [5.41, 5.74) is 1.81. The number of anilines is 2. The molecular formula is C17H14N4O2S2. The molecule has 0 saturated carbocycles. The predicted molar refractivity (Wildman–Crippen MR) is 101 cm³/mol. The molecule has 0 aliphatic carbocycles.